The number of hydrogen-bond donors (Lipinski definition) is 1. The van der Waals surface area contributed by atoms with Gasteiger partial charge in [-0.25, -0.2) is 9.69 Å². The van der Waals surface area contributed by atoms with E-state index in [2.05, 4.69) is 15.6 Å². The third-order valence-corrected chi connectivity index (χ3v) is 5.41. The number of benzene rings is 1. The predicted molar refractivity (Wildman–Crippen MR) is 89.5 cm³/mol. The van der Waals surface area contributed by atoms with Crippen LogP contribution < -0.4 is 10.9 Å². The molecule has 2 fully saturated rings. The van der Waals surface area contributed by atoms with E-state index in [0.29, 0.717) is 17.3 Å². The van der Waals surface area contributed by atoms with Crippen LogP contribution in [0.3, 0.4) is 0 Å². The largest absolute Gasteiger partial charge is 0.326 e. The maximum atomic E-state index is 13.0. The van der Waals surface area contributed by atoms with Gasteiger partial charge in [-0.15, -0.1) is 5.10 Å². The van der Waals surface area contributed by atoms with E-state index in [0.717, 1.165) is 28.8 Å². The van der Waals surface area contributed by atoms with Crippen LogP contribution in [0, 0.1) is 5.92 Å². The van der Waals surface area contributed by atoms with Crippen molar-refractivity contribution in [1.82, 2.24) is 25.2 Å². The summed E-state index contributed by atoms with van der Waals surface area (Å²) in [6.45, 7) is 1.76. The molecule has 1 aromatic carbocycles. The molecule has 1 aliphatic carbocycles. The van der Waals surface area contributed by atoms with E-state index in [1.807, 2.05) is 6.92 Å². The second kappa shape index (κ2) is 5.65. The summed E-state index contributed by atoms with van der Waals surface area (Å²) in [5.41, 5.74) is -0.731. The summed E-state index contributed by atoms with van der Waals surface area (Å²) >= 11 is 0. The molecule has 2 aromatic rings. The van der Waals surface area contributed by atoms with Crippen molar-refractivity contribution in [3.63, 3.8) is 0 Å². The Balaban J connectivity index is 1.67. The number of aromatic nitrogens is 3. The number of hydrogen-bond acceptors (Lipinski definition) is 5. The monoisotopic (exact) mass is 341 g/mol. The highest BCUT2D eigenvalue weighted by atomic mass is 16.2. The summed E-state index contributed by atoms with van der Waals surface area (Å²) in [4.78, 5) is 39.0. The molecule has 0 unspecified atom stereocenters. The van der Waals surface area contributed by atoms with Crippen molar-refractivity contribution in [2.45, 2.75) is 44.8 Å². The van der Waals surface area contributed by atoms with Gasteiger partial charge in [0, 0.05) is 0 Å². The van der Waals surface area contributed by atoms with Crippen LogP contribution in [0.25, 0.3) is 10.9 Å². The number of imide groups is 1. The Labute approximate surface area is 143 Å². The molecule has 3 amide bonds. The Kier molecular flexibility index (Phi) is 3.55. The first-order chi connectivity index (χ1) is 12.0. The zero-order valence-electron chi connectivity index (χ0n) is 13.9. The van der Waals surface area contributed by atoms with Gasteiger partial charge >= 0.3 is 6.03 Å². The first-order valence-corrected chi connectivity index (χ1v) is 8.49. The second-order valence-corrected chi connectivity index (χ2v) is 6.83. The van der Waals surface area contributed by atoms with Crippen LogP contribution in [0.1, 0.15) is 32.6 Å². The fourth-order valence-corrected chi connectivity index (χ4v) is 3.87. The zero-order chi connectivity index (χ0) is 17.6. The Morgan fingerprint density at radius 2 is 2.04 bits per heavy atom. The fourth-order valence-electron chi connectivity index (χ4n) is 3.87. The maximum absolute atomic E-state index is 13.0. The second-order valence-electron chi connectivity index (χ2n) is 6.83. The third-order valence-electron chi connectivity index (χ3n) is 5.41. The smallest absolute Gasteiger partial charge is 0.323 e. The minimum Gasteiger partial charge on any atom is -0.323 e. The molecular weight excluding hydrogens is 322 g/mol. The van der Waals surface area contributed by atoms with Gasteiger partial charge in [-0.2, -0.15) is 4.68 Å². The fraction of sp³-hybridized carbons (Fsp3) is 0.471. The van der Waals surface area contributed by atoms with Crippen molar-refractivity contribution in [2.75, 3.05) is 0 Å². The van der Waals surface area contributed by atoms with Gasteiger partial charge in [0.2, 0.25) is 0 Å². The quantitative estimate of drug-likeness (QED) is 0.829. The van der Waals surface area contributed by atoms with Gasteiger partial charge in [-0.1, -0.05) is 37.1 Å². The number of carbonyl (C=O) groups excluding carboxylic acids is 2. The summed E-state index contributed by atoms with van der Waals surface area (Å²) in [7, 11) is 0. The highest BCUT2D eigenvalue weighted by Gasteiger charge is 2.55. The zero-order valence-corrected chi connectivity index (χ0v) is 13.9. The first-order valence-electron chi connectivity index (χ1n) is 8.49. The highest BCUT2D eigenvalue weighted by molar-refractivity contribution is 6.07. The molecule has 2 atom stereocenters. The number of fused-ring (bicyclic) bond motifs is 1. The minimum atomic E-state index is -0.844. The molecule has 1 saturated carbocycles. The summed E-state index contributed by atoms with van der Waals surface area (Å²) < 4.78 is 1.06. The third kappa shape index (κ3) is 2.32. The number of urea groups is 1. The van der Waals surface area contributed by atoms with Gasteiger partial charge in [0.25, 0.3) is 11.5 Å². The summed E-state index contributed by atoms with van der Waals surface area (Å²) in [5, 5.41) is 11.1. The molecule has 1 aromatic heterocycles. The maximum Gasteiger partial charge on any atom is 0.326 e. The standard InChI is InChI=1S/C17H19N5O3/c1-11-6-4-5-9-17(11)15(24)21(16(25)18-17)10-22-14(23)12-7-2-3-8-13(12)19-20-22/h2-3,7-8,11H,4-6,9-10H2,1H3,(H,18,25)/t11-,17-/m1/s1. The average molecular weight is 341 g/mol. The minimum absolute atomic E-state index is 0.0714. The number of rotatable bonds is 2. The van der Waals surface area contributed by atoms with Gasteiger partial charge in [-0.05, 0) is 30.9 Å². The molecule has 1 spiro atoms. The molecule has 2 aliphatic rings. The van der Waals surface area contributed by atoms with E-state index < -0.39 is 11.6 Å². The van der Waals surface area contributed by atoms with Gasteiger partial charge < -0.3 is 5.32 Å². The molecular formula is C17H19N5O3. The normalized spacial score (nSPS) is 26.4. The van der Waals surface area contributed by atoms with Crippen LogP contribution in [0.15, 0.2) is 29.1 Å². The topological polar surface area (TPSA) is 97.2 Å². The van der Waals surface area contributed by atoms with Gasteiger partial charge in [0.15, 0.2) is 0 Å². The lowest BCUT2D eigenvalue weighted by molar-refractivity contribution is -0.135. The van der Waals surface area contributed by atoms with Crippen molar-refractivity contribution in [1.29, 1.82) is 0 Å². The van der Waals surface area contributed by atoms with Gasteiger partial charge in [0.1, 0.15) is 17.7 Å². The molecule has 0 bridgehead atoms. The van der Waals surface area contributed by atoms with Gasteiger partial charge in [-0.3, -0.25) is 9.59 Å². The lowest BCUT2D eigenvalue weighted by atomic mass is 9.73. The van der Waals surface area contributed by atoms with E-state index in [1.165, 1.54) is 0 Å². The van der Waals surface area contributed by atoms with Crippen LogP contribution in [-0.2, 0) is 11.5 Å². The van der Waals surface area contributed by atoms with E-state index >= 15 is 0 Å². The van der Waals surface area contributed by atoms with Crippen LogP contribution in [0.4, 0.5) is 4.79 Å². The molecule has 4 rings (SSSR count). The SMILES string of the molecule is C[C@@H]1CCCC[C@@]12NC(=O)N(Cn1nnc3ccccc3c1=O)C2=O. The lowest BCUT2D eigenvalue weighted by Gasteiger charge is -2.36. The molecule has 8 heteroatoms. The molecule has 1 saturated heterocycles. The van der Waals surface area contributed by atoms with Crippen molar-refractivity contribution in [2.24, 2.45) is 5.92 Å². The molecule has 0 radical (unpaired) electrons. The summed E-state index contributed by atoms with van der Waals surface area (Å²) in [6, 6.07) is 6.38. The van der Waals surface area contributed by atoms with Crippen molar-refractivity contribution < 1.29 is 9.59 Å². The van der Waals surface area contributed by atoms with Crippen LogP contribution >= 0.6 is 0 Å². The number of nitrogens with one attached hydrogen (secondary N) is 1. The number of carbonyl (C=O) groups is 2. The van der Waals surface area contributed by atoms with Crippen LogP contribution in [0.2, 0.25) is 0 Å². The number of nitrogens with zero attached hydrogens (tertiary/aromatic N) is 4. The molecule has 130 valence electrons. The predicted octanol–water partition coefficient (Wildman–Crippen LogP) is 1.25. The van der Waals surface area contributed by atoms with E-state index in [9.17, 15) is 14.4 Å². The average Bonchev–Trinajstić information content (AvgIpc) is 2.85. The Hall–Kier alpha value is -2.77. The van der Waals surface area contributed by atoms with E-state index in [1.54, 1.807) is 24.3 Å². The van der Waals surface area contributed by atoms with Gasteiger partial charge in [0.05, 0.1) is 5.39 Å². The lowest BCUT2D eigenvalue weighted by Crippen LogP contribution is -2.54. The first kappa shape index (κ1) is 15.7. The van der Waals surface area contributed by atoms with Crippen molar-refractivity contribution in [3.8, 4) is 0 Å². The van der Waals surface area contributed by atoms with E-state index in [4.69, 9.17) is 0 Å². The Morgan fingerprint density at radius 3 is 2.84 bits per heavy atom. The molecule has 1 aliphatic heterocycles. The Bertz CT molecular complexity index is 924. The molecule has 8 nitrogen and oxygen atoms in total. The Morgan fingerprint density at radius 1 is 1.24 bits per heavy atom. The number of amides is 3. The molecule has 25 heavy (non-hydrogen) atoms. The van der Waals surface area contributed by atoms with Crippen molar-refractivity contribution >= 4 is 22.8 Å². The molecule has 2 heterocycles. The molecule has 1 N–H and O–H groups in total. The highest BCUT2D eigenvalue weighted by Crippen LogP contribution is 2.38. The van der Waals surface area contributed by atoms with Crippen LogP contribution in [-0.4, -0.2) is 37.4 Å². The van der Waals surface area contributed by atoms with Crippen molar-refractivity contribution in [3.05, 3.63) is 34.6 Å². The summed E-state index contributed by atoms with van der Waals surface area (Å²) in [5.74, 6) is -0.200. The summed E-state index contributed by atoms with van der Waals surface area (Å²) in [6.07, 6.45) is 3.49. The van der Waals surface area contributed by atoms with E-state index in [-0.39, 0.29) is 24.1 Å². The van der Waals surface area contributed by atoms with Crippen LogP contribution in [0.5, 0.6) is 0 Å².